The van der Waals surface area contributed by atoms with E-state index in [9.17, 15) is 9.59 Å². The van der Waals surface area contributed by atoms with Crippen molar-refractivity contribution in [1.29, 1.82) is 0 Å². The van der Waals surface area contributed by atoms with Crippen molar-refractivity contribution in [2.45, 2.75) is 31.7 Å². The molecule has 38 heavy (non-hydrogen) atoms. The summed E-state index contributed by atoms with van der Waals surface area (Å²) in [5.41, 5.74) is 0. The Morgan fingerprint density at radius 3 is 1.39 bits per heavy atom. The molecule has 0 spiro atoms. The Kier molecular flexibility index (Phi) is 29.0. The summed E-state index contributed by atoms with van der Waals surface area (Å²) in [6.45, 7) is 7.87. The molecule has 0 aromatic carbocycles. The van der Waals surface area contributed by atoms with Gasteiger partial charge in [-0.05, 0) is 26.3 Å². The number of ether oxygens (including phenoxy) is 8. The topological polar surface area (TPSA) is 152 Å². The third-order valence-electron chi connectivity index (χ3n) is 5.03. The van der Waals surface area contributed by atoms with Crippen LogP contribution in [0.25, 0.3) is 0 Å². The molecule has 226 valence electrons. The summed E-state index contributed by atoms with van der Waals surface area (Å²) >= 11 is 0. The van der Waals surface area contributed by atoms with E-state index in [-0.39, 0.29) is 12.3 Å². The summed E-state index contributed by atoms with van der Waals surface area (Å²) in [5.74, 6) is -0.941. The molecule has 13 heteroatoms. The maximum Gasteiger partial charge on any atom is 0.320 e. The largest absolute Gasteiger partial charge is 0.480 e. The smallest absolute Gasteiger partial charge is 0.320 e. The van der Waals surface area contributed by atoms with Crippen molar-refractivity contribution < 1.29 is 52.6 Å². The Labute approximate surface area is 227 Å². The Bertz CT molecular complexity index is 530. The van der Waals surface area contributed by atoms with Crippen LogP contribution in [0.3, 0.4) is 0 Å². The molecule has 0 aliphatic carbocycles. The second-order valence-corrected chi connectivity index (χ2v) is 8.05. The van der Waals surface area contributed by atoms with Gasteiger partial charge in [0.25, 0.3) is 0 Å². The van der Waals surface area contributed by atoms with Crippen LogP contribution in [-0.2, 0) is 47.5 Å². The fourth-order valence-corrected chi connectivity index (χ4v) is 2.91. The summed E-state index contributed by atoms with van der Waals surface area (Å²) in [5, 5.41) is 14.5. The van der Waals surface area contributed by atoms with E-state index in [1.807, 2.05) is 0 Å². The lowest BCUT2D eigenvalue weighted by Gasteiger charge is -2.11. The minimum Gasteiger partial charge on any atom is -0.480 e. The van der Waals surface area contributed by atoms with Gasteiger partial charge in [0, 0.05) is 20.1 Å². The number of hydrogen-bond donors (Lipinski definition) is 3. The van der Waals surface area contributed by atoms with Gasteiger partial charge in [0.05, 0.1) is 99.1 Å². The van der Waals surface area contributed by atoms with Crippen LogP contribution in [0.5, 0.6) is 0 Å². The normalized spacial score (nSPS) is 12.1. The van der Waals surface area contributed by atoms with E-state index in [1.54, 1.807) is 14.2 Å². The monoisotopic (exact) mass is 554 g/mol. The fraction of sp³-hybridized carbons (Fsp3) is 0.920. The van der Waals surface area contributed by atoms with Crippen LogP contribution >= 0.6 is 0 Å². The number of unbranched alkanes of at least 4 members (excludes halogenated alkanes) is 1. The first-order valence-electron chi connectivity index (χ1n) is 13.3. The summed E-state index contributed by atoms with van der Waals surface area (Å²) < 4.78 is 42.6. The van der Waals surface area contributed by atoms with Gasteiger partial charge >= 0.3 is 5.97 Å². The van der Waals surface area contributed by atoms with Gasteiger partial charge in [0.2, 0.25) is 5.91 Å². The Hall–Kier alpha value is -1.42. The number of carbonyl (C=O) groups excluding carboxylic acids is 1. The van der Waals surface area contributed by atoms with Crippen LogP contribution in [0.4, 0.5) is 0 Å². The molecule has 0 aromatic rings. The van der Waals surface area contributed by atoms with E-state index < -0.39 is 12.0 Å². The molecule has 0 heterocycles. The molecule has 0 unspecified atom stereocenters. The highest BCUT2D eigenvalue weighted by molar-refractivity contribution is 5.75. The average molecular weight is 555 g/mol. The first-order chi connectivity index (χ1) is 18.6. The first kappa shape index (κ1) is 36.6. The van der Waals surface area contributed by atoms with Gasteiger partial charge in [0.1, 0.15) is 6.04 Å². The van der Waals surface area contributed by atoms with Gasteiger partial charge in [0.15, 0.2) is 0 Å². The lowest BCUT2D eigenvalue weighted by Crippen LogP contribution is -2.34. The van der Waals surface area contributed by atoms with Crippen LogP contribution in [0.2, 0.25) is 0 Å². The average Bonchev–Trinajstić information content (AvgIpc) is 2.90. The zero-order chi connectivity index (χ0) is 27.9. The van der Waals surface area contributed by atoms with Gasteiger partial charge in [-0.25, -0.2) is 0 Å². The maximum atomic E-state index is 11.7. The van der Waals surface area contributed by atoms with Crippen molar-refractivity contribution in [2.75, 3.05) is 120 Å². The highest BCUT2D eigenvalue weighted by atomic mass is 16.6. The SMILES string of the molecule is CN[C@@H](CCCCNC(=O)CCOCCOCCOCCOCCOCCOCCOCCOC)C(=O)O. The van der Waals surface area contributed by atoms with E-state index in [1.165, 1.54) is 0 Å². The molecular weight excluding hydrogens is 504 g/mol. The lowest BCUT2D eigenvalue weighted by molar-refractivity contribution is -0.139. The second-order valence-electron chi connectivity index (χ2n) is 8.05. The van der Waals surface area contributed by atoms with E-state index in [4.69, 9.17) is 43.0 Å². The molecule has 13 nitrogen and oxygen atoms in total. The third-order valence-corrected chi connectivity index (χ3v) is 5.03. The zero-order valence-electron chi connectivity index (χ0n) is 23.2. The van der Waals surface area contributed by atoms with Crippen molar-refractivity contribution in [1.82, 2.24) is 10.6 Å². The third kappa shape index (κ3) is 27.6. The molecule has 0 aromatic heterocycles. The molecule has 1 amide bonds. The lowest BCUT2D eigenvalue weighted by atomic mass is 10.1. The maximum absolute atomic E-state index is 11.7. The molecule has 3 N–H and O–H groups in total. The van der Waals surface area contributed by atoms with Crippen LogP contribution < -0.4 is 10.6 Å². The Morgan fingerprint density at radius 1 is 0.632 bits per heavy atom. The molecule has 0 radical (unpaired) electrons. The van der Waals surface area contributed by atoms with E-state index in [0.29, 0.717) is 112 Å². The molecule has 0 saturated heterocycles. The van der Waals surface area contributed by atoms with Crippen molar-refractivity contribution in [3.8, 4) is 0 Å². The van der Waals surface area contributed by atoms with Crippen molar-refractivity contribution >= 4 is 11.9 Å². The molecule has 0 saturated carbocycles. The number of hydrogen-bond acceptors (Lipinski definition) is 11. The molecule has 0 fully saturated rings. The van der Waals surface area contributed by atoms with Gasteiger partial charge in [-0.2, -0.15) is 0 Å². The number of amides is 1. The van der Waals surface area contributed by atoms with Gasteiger partial charge in [-0.1, -0.05) is 0 Å². The van der Waals surface area contributed by atoms with Gasteiger partial charge in [-0.3, -0.25) is 9.59 Å². The number of aliphatic carboxylic acids is 1. The molecule has 0 rings (SSSR count). The number of methoxy groups -OCH3 is 1. The highest BCUT2D eigenvalue weighted by Gasteiger charge is 2.13. The number of carboxylic acid groups (broad SMARTS) is 1. The Balaban J connectivity index is 3.19. The standard InChI is InChI=1S/C25H50N2O11/c1-26-23(25(29)30)5-3-4-7-27-24(28)6-8-32-11-12-34-15-16-36-19-20-38-22-21-37-18-17-35-14-13-33-10-9-31-2/h23,26H,3-22H2,1-2H3,(H,27,28)(H,29,30)/t23-/m0/s1. The van der Waals surface area contributed by atoms with Crippen LogP contribution in [0.15, 0.2) is 0 Å². The van der Waals surface area contributed by atoms with Crippen LogP contribution in [0, 0.1) is 0 Å². The van der Waals surface area contributed by atoms with E-state index in [2.05, 4.69) is 10.6 Å². The summed E-state index contributed by atoms with van der Waals surface area (Å²) in [4.78, 5) is 22.6. The number of nitrogens with one attached hydrogen (secondary N) is 2. The molecule has 0 aliphatic rings. The number of carbonyl (C=O) groups is 2. The van der Waals surface area contributed by atoms with Gasteiger partial charge < -0.3 is 53.6 Å². The Morgan fingerprint density at radius 2 is 1.03 bits per heavy atom. The fourth-order valence-electron chi connectivity index (χ4n) is 2.91. The van der Waals surface area contributed by atoms with Gasteiger partial charge in [-0.15, -0.1) is 0 Å². The highest BCUT2D eigenvalue weighted by Crippen LogP contribution is 2.00. The number of likely N-dealkylation sites (N-methyl/N-ethyl adjacent to an activating group) is 1. The van der Waals surface area contributed by atoms with E-state index >= 15 is 0 Å². The van der Waals surface area contributed by atoms with Crippen LogP contribution in [0.1, 0.15) is 25.7 Å². The predicted molar refractivity (Wildman–Crippen MR) is 140 cm³/mol. The van der Waals surface area contributed by atoms with Crippen molar-refractivity contribution in [2.24, 2.45) is 0 Å². The number of rotatable bonds is 31. The van der Waals surface area contributed by atoms with Crippen molar-refractivity contribution in [3.05, 3.63) is 0 Å². The molecular formula is C25H50N2O11. The summed E-state index contributed by atoms with van der Waals surface area (Å²) in [7, 11) is 3.26. The predicted octanol–water partition coefficient (Wildman–Crippen LogP) is 0.0982. The number of carboxylic acids is 1. The summed E-state index contributed by atoms with van der Waals surface area (Å²) in [6.07, 6.45) is 2.27. The quantitative estimate of drug-likeness (QED) is 0.0997. The van der Waals surface area contributed by atoms with Crippen LogP contribution in [-0.4, -0.2) is 143 Å². The molecule has 0 aliphatic heterocycles. The summed E-state index contributed by atoms with van der Waals surface area (Å²) in [6, 6.07) is -0.544. The second kappa shape index (κ2) is 30.1. The molecule has 1 atom stereocenters. The molecule has 0 bridgehead atoms. The first-order valence-corrected chi connectivity index (χ1v) is 13.3. The van der Waals surface area contributed by atoms with E-state index in [0.717, 1.165) is 12.8 Å². The van der Waals surface area contributed by atoms with Crippen molar-refractivity contribution in [3.63, 3.8) is 0 Å². The zero-order valence-corrected chi connectivity index (χ0v) is 23.2. The minimum atomic E-state index is -0.858. The minimum absolute atomic E-state index is 0.0823.